The molecule has 0 saturated heterocycles. The Kier molecular flexibility index (Phi) is 4.89. The molecule has 98 valence electrons. The van der Waals surface area contributed by atoms with Gasteiger partial charge in [0.15, 0.2) is 6.61 Å². The standard InChI is InChI=1S/C14H19NO3/c1-9(2)14(17)18-8-13(16)15-12-6-5-10(3)11(4)7-12/h5-7,9H,8H2,1-4H3,(H,15,16). The second-order valence-electron chi connectivity index (χ2n) is 4.61. The number of esters is 1. The van der Waals surface area contributed by atoms with E-state index in [1.807, 2.05) is 32.0 Å². The van der Waals surface area contributed by atoms with E-state index in [0.717, 1.165) is 5.56 Å². The van der Waals surface area contributed by atoms with Gasteiger partial charge in [0.2, 0.25) is 0 Å². The molecule has 0 unspecified atom stereocenters. The van der Waals surface area contributed by atoms with Gasteiger partial charge in [-0.3, -0.25) is 9.59 Å². The van der Waals surface area contributed by atoms with Crippen LogP contribution in [-0.4, -0.2) is 18.5 Å². The predicted octanol–water partition coefficient (Wildman–Crippen LogP) is 2.44. The normalized spacial score (nSPS) is 10.3. The van der Waals surface area contributed by atoms with Gasteiger partial charge in [0.05, 0.1) is 5.92 Å². The minimum absolute atomic E-state index is 0.223. The number of benzene rings is 1. The Labute approximate surface area is 107 Å². The summed E-state index contributed by atoms with van der Waals surface area (Å²) >= 11 is 0. The number of amides is 1. The molecule has 1 N–H and O–H groups in total. The summed E-state index contributed by atoms with van der Waals surface area (Å²) in [6, 6.07) is 5.65. The first-order valence-corrected chi connectivity index (χ1v) is 5.94. The summed E-state index contributed by atoms with van der Waals surface area (Å²) in [6.07, 6.45) is 0. The number of carbonyl (C=O) groups excluding carboxylic acids is 2. The molecule has 1 aromatic rings. The van der Waals surface area contributed by atoms with Crippen LogP contribution in [0.3, 0.4) is 0 Å². The van der Waals surface area contributed by atoms with Crippen LogP contribution in [0.2, 0.25) is 0 Å². The number of rotatable bonds is 4. The highest BCUT2D eigenvalue weighted by Crippen LogP contribution is 2.13. The minimum atomic E-state index is -0.370. The Hall–Kier alpha value is -1.84. The molecule has 1 amide bonds. The molecule has 4 heteroatoms. The molecule has 4 nitrogen and oxygen atoms in total. The third-order valence-electron chi connectivity index (χ3n) is 2.61. The molecular formula is C14H19NO3. The van der Waals surface area contributed by atoms with Crippen molar-refractivity contribution in [1.29, 1.82) is 0 Å². The van der Waals surface area contributed by atoms with Gasteiger partial charge in [0, 0.05) is 5.69 Å². The summed E-state index contributed by atoms with van der Waals surface area (Å²) in [4.78, 5) is 22.7. The minimum Gasteiger partial charge on any atom is -0.455 e. The molecule has 1 rings (SSSR count). The van der Waals surface area contributed by atoms with Crippen molar-refractivity contribution in [1.82, 2.24) is 0 Å². The lowest BCUT2D eigenvalue weighted by Crippen LogP contribution is -2.22. The van der Waals surface area contributed by atoms with Crippen molar-refractivity contribution in [3.8, 4) is 0 Å². The number of carbonyl (C=O) groups is 2. The fraction of sp³-hybridized carbons (Fsp3) is 0.429. The number of hydrogen-bond donors (Lipinski definition) is 1. The topological polar surface area (TPSA) is 55.4 Å². The van der Waals surface area contributed by atoms with E-state index >= 15 is 0 Å². The van der Waals surface area contributed by atoms with E-state index in [0.29, 0.717) is 5.69 Å². The molecule has 0 saturated carbocycles. The Morgan fingerprint density at radius 2 is 1.89 bits per heavy atom. The fourth-order valence-electron chi connectivity index (χ4n) is 1.32. The van der Waals surface area contributed by atoms with Crippen molar-refractivity contribution in [2.45, 2.75) is 27.7 Å². The molecular weight excluding hydrogens is 230 g/mol. The number of anilines is 1. The van der Waals surface area contributed by atoms with Gasteiger partial charge in [0.1, 0.15) is 0 Å². The van der Waals surface area contributed by atoms with Crippen LogP contribution in [0.5, 0.6) is 0 Å². The zero-order valence-corrected chi connectivity index (χ0v) is 11.2. The first kappa shape index (κ1) is 14.2. The fourth-order valence-corrected chi connectivity index (χ4v) is 1.32. The van der Waals surface area contributed by atoms with Crippen LogP contribution in [0.1, 0.15) is 25.0 Å². The van der Waals surface area contributed by atoms with Gasteiger partial charge in [-0.05, 0) is 37.1 Å². The molecule has 0 bridgehead atoms. The highest BCUT2D eigenvalue weighted by molar-refractivity contribution is 5.93. The summed E-state index contributed by atoms with van der Waals surface area (Å²) in [7, 11) is 0. The van der Waals surface area contributed by atoms with Gasteiger partial charge in [-0.2, -0.15) is 0 Å². The maximum absolute atomic E-state index is 11.5. The third kappa shape index (κ3) is 4.20. The number of aryl methyl sites for hydroxylation is 2. The summed E-state index contributed by atoms with van der Waals surface area (Å²) in [6.45, 7) is 7.19. The molecule has 0 atom stereocenters. The zero-order valence-electron chi connectivity index (χ0n) is 11.2. The van der Waals surface area contributed by atoms with Crippen molar-refractivity contribution >= 4 is 17.6 Å². The lowest BCUT2D eigenvalue weighted by Gasteiger charge is -2.09. The second-order valence-corrected chi connectivity index (χ2v) is 4.61. The first-order chi connectivity index (χ1) is 8.40. The highest BCUT2D eigenvalue weighted by Gasteiger charge is 2.11. The van der Waals surface area contributed by atoms with Crippen LogP contribution in [0.15, 0.2) is 18.2 Å². The Bertz CT molecular complexity index is 452. The van der Waals surface area contributed by atoms with Crippen molar-refractivity contribution in [3.63, 3.8) is 0 Å². The summed E-state index contributed by atoms with van der Waals surface area (Å²) < 4.78 is 4.84. The molecule has 18 heavy (non-hydrogen) atoms. The van der Waals surface area contributed by atoms with E-state index in [9.17, 15) is 9.59 Å². The molecule has 0 spiro atoms. The van der Waals surface area contributed by atoms with Gasteiger partial charge in [0.25, 0.3) is 5.91 Å². The molecule has 0 aliphatic carbocycles. The molecule has 0 fully saturated rings. The number of ether oxygens (including phenoxy) is 1. The van der Waals surface area contributed by atoms with Gasteiger partial charge >= 0.3 is 5.97 Å². The van der Waals surface area contributed by atoms with Crippen molar-refractivity contribution in [2.75, 3.05) is 11.9 Å². The van der Waals surface area contributed by atoms with Crippen LogP contribution in [-0.2, 0) is 14.3 Å². The van der Waals surface area contributed by atoms with E-state index in [1.54, 1.807) is 13.8 Å². The average molecular weight is 249 g/mol. The van der Waals surface area contributed by atoms with E-state index in [4.69, 9.17) is 4.74 Å². The van der Waals surface area contributed by atoms with E-state index in [-0.39, 0.29) is 24.4 Å². The first-order valence-electron chi connectivity index (χ1n) is 5.94. The quantitative estimate of drug-likeness (QED) is 0.834. The highest BCUT2D eigenvalue weighted by atomic mass is 16.5. The van der Waals surface area contributed by atoms with Gasteiger partial charge in [-0.25, -0.2) is 0 Å². The molecule has 0 aliphatic rings. The lowest BCUT2D eigenvalue weighted by molar-refractivity contribution is -0.150. The Morgan fingerprint density at radius 3 is 2.44 bits per heavy atom. The smallest absolute Gasteiger partial charge is 0.308 e. The zero-order chi connectivity index (χ0) is 13.7. The molecule has 0 aliphatic heterocycles. The van der Waals surface area contributed by atoms with E-state index in [2.05, 4.69) is 5.32 Å². The van der Waals surface area contributed by atoms with Crippen molar-refractivity contribution < 1.29 is 14.3 Å². The monoisotopic (exact) mass is 249 g/mol. The van der Waals surface area contributed by atoms with Crippen LogP contribution in [0.25, 0.3) is 0 Å². The summed E-state index contributed by atoms with van der Waals surface area (Å²) in [5.41, 5.74) is 2.98. The lowest BCUT2D eigenvalue weighted by atomic mass is 10.1. The molecule has 0 radical (unpaired) electrons. The van der Waals surface area contributed by atoms with Crippen molar-refractivity contribution in [3.05, 3.63) is 29.3 Å². The SMILES string of the molecule is Cc1ccc(NC(=O)COC(=O)C(C)C)cc1C. The van der Waals surface area contributed by atoms with Gasteiger partial charge < -0.3 is 10.1 Å². The van der Waals surface area contributed by atoms with Crippen LogP contribution < -0.4 is 5.32 Å². The average Bonchev–Trinajstić information content (AvgIpc) is 2.30. The molecule has 1 aromatic carbocycles. The van der Waals surface area contributed by atoms with Crippen molar-refractivity contribution in [2.24, 2.45) is 5.92 Å². The summed E-state index contributed by atoms with van der Waals surface area (Å²) in [5.74, 6) is -0.920. The third-order valence-corrected chi connectivity index (χ3v) is 2.61. The number of hydrogen-bond acceptors (Lipinski definition) is 3. The van der Waals surface area contributed by atoms with Crippen LogP contribution in [0.4, 0.5) is 5.69 Å². The second kappa shape index (κ2) is 6.19. The molecule has 0 heterocycles. The van der Waals surface area contributed by atoms with Crippen LogP contribution >= 0.6 is 0 Å². The van der Waals surface area contributed by atoms with E-state index < -0.39 is 0 Å². The number of nitrogens with one attached hydrogen (secondary N) is 1. The summed E-state index contributed by atoms with van der Waals surface area (Å²) in [5, 5.41) is 2.69. The van der Waals surface area contributed by atoms with Gasteiger partial charge in [-0.1, -0.05) is 19.9 Å². The van der Waals surface area contributed by atoms with E-state index in [1.165, 1.54) is 5.56 Å². The van der Waals surface area contributed by atoms with Gasteiger partial charge in [-0.15, -0.1) is 0 Å². The largest absolute Gasteiger partial charge is 0.455 e. The maximum Gasteiger partial charge on any atom is 0.308 e. The van der Waals surface area contributed by atoms with Crippen LogP contribution in [0, 0.1) is 19.8 Å². The Balaban J connectivity index is 2.49. The molecule has 0 aromatic heterocycles. The Morgan fingerprint density at radius 1 is 1.22 bits per heavy atom. The predicted molar refractivity (Wildman–Crippen MR) is 70.3 cm³/mol. The maximum atomic E-state index is 11.5.